The van der Waals surface area contributed by atoms with Crippen molar-refractivity contribution in [1.29, 1.82) is 0 Å². The van der Waals surface area contributed by atoms with E-state index in [2.05, 4.69) is 17.4 Å². The smallest absolute Gasteiger partial charge is 0.225 e. The second kappa shape index (κ2) is 9.48. The topological polar surface area (TPSA) is 38.3 Å². The zero-order chi connectivity index (χ0) is 20.0. The van der Waals surface area contributed by atoms with Crippen molar-refractivity contribution in [2.75, 3.05) is 6.61 Å². The molecule has 0 radical (unpaired) electrons. The molecule has 0 aliphatic rings. The molecule has 0 bridgehead atoms. The van der Waals surface area contributed by atoms with Gasteiger partial charge >= 0.3 is 0 Å². The molecular formula is C22H27Cl2NO2. The number of aryl methyl sites for hydroxylation is 2. The van der Waals surface area contributed by atoms with Crippen LogP contribution >= 0.6 is 23.2 Å². The molecule has 0 heterocycles. The number of rotatable bonds is 8. The SMILES string of the molecule is Cc1ccc(C)c(OCCCC(C)(C)C(=O)NCc2ccc(Cl)cc2Cl)c1. The van der Waals surface area contributed by atoms with E-state index >= 15 is 0 Å². The number of halogens is 2. The van der Waals surface area contributed by atoms with E-state index in [1.165, 1.54) is 5.56 Å². The third-order valence-electron chi connectivity index (χ3n) is 4.62. The van der Waals surface area contributed by atoms with Crippen LogP contribution in [-0.4, -0.2) is 12.5 Å². The summed E-state index contributed by atoms with van der Waals surface area (Å²) in [5, 5.41) is 4.11. The Kier molecular flexibility index (Phi) is 7.58. The summed E-state index contributed by atoms with van der Waals surface area (Å²) in [5.41, 5.74) is 2.67. The van der Waals surface area contributed by atoms with Crippen LogP contribution in [0.3, 0.4) is 0 Å². The van der Waals surface area contributed by atoms with Crippen molar-refractivity contribution in [1.82, 2.24) is 5.32 Å². The predicted octanol–water partition coefficient (Wildman–Crippen LogP) is 6.11. The average molecular weight is 408 g/mol. The summed E-state index contributed by atoms with van der Waals surface area (Å²) in [4.78, 5) is 12.6. The molecule has 3 nitrogen and oxygen atoms in total. The summed E-state index contributed by atoms with van der Waals surface area (Å²) in [6.45, 7) is 8.95. The van der Waals surface area contributed by atoms with Crippen molar-refractivity contribution in [3.8, 4) is 5.75 Å². The summed E-state index contributed by atoms with van der Waals surface area (Å²) >= 11 is 12.1. The first-order chi connectivity index (χ1) is 12.7. The summed E-state index contributed by atoms with van der Waals surface area (Å²) in [7, 11) is 0. The van der Waals surface area contributed by atoms with Gasteiger partial charge in [-0.25, -0.2) is 0 Å². The van der Waals surface area contributed by atoms with Gasteiger partial charge in [0, 0.05) is 22.0 Å². The number of ether oxygens (including phenoxy) is 1. The summed E-state index contributed by atoms with van der Waals surface area (Å²) in [6, 6.07) is 11.5. The number of amides is 1. The van der Waals surface area contributed by atoms with Gasteiger partial charge in [0.1, 0.15) is 5.75 Å². The lowest BCUT2D eigenvalue weighted by Crippen LogP contribution is -2.36. The molecule has 0 unspecified atom stereocenters. The van der Waals surface area contributed by atoms with Crippen molar-refractivity contribution < 1.29 is 9.53 Å². The van der Waals surface area contributed by atoms with Crippen molar-refractivity contribution in [3.05, 3.63) is 63.1 Å². The van der Waals surface area contributed by atoms with Crippen LogP contribution in [0, 0.1) is 19.3 Å². The molecule has 2 aromatic rings. The highest BCUT2D eigenvalue weighted by Crippen LogP contribution is 2.25. The van der Waals surface area contributed by atoms with Gasteiger partial charge in [0.2, 0.25) is 5.91 Å². The van der Waals surface area contributed by atoms with Crippen molar-refractivity contribution in [2.45, 2.75) is 47.1 Å². The highest BCUT2D eigenvalue weighted by atomic mass is 35.5. The van der Waals surface area contributed by atoms with Crippen molar-refractivity contribution in [3.63, 3.8) is 0 Å². The number of nitrogens with one attached hydrogen (secondary N) is 1. The Balaban J connectivity index is 1.80. The minimum Gasteiger partial charge on any atom is -0.493 e. The number of benzene rings is 2. The lowest BCUT2D eigenvalue weighted by atomic mass is 9.87. The highest BCUT2D eigenvalue weighted by Gasteiger charge is 2.27. The molecule has 5 heteroatoms. The molecule has 1 amide bonds. The van der Waals surface area contributed by atoms with Crippen LogP contribution in [0.2, 0.25) is 10.0 Å². The zero-order valence-electron chi connectivity index (χ0n) is 16.4. The van der Waals surface area contributed by atoms with Crippen LogP contribution in [0.1, 0.15) is 43.4 Å². The number of carbonyl (C=O) groups is 1. The first-order valence-corrected chi connectivity index (χ1v) is 9.87. The molecule has 0 fully saturated rings. The highest BCUT2D eigenvalue weighted by molar-refractivity contribution is 6.35. The van der Waals surface area contributed by atoms with E-state index in [0.717, 1.165) is 29.7 Å². The van der Waals surface area contributed by atoms with E-state index in [0.29, 0.717) is 23.2 Å². The van der Waals surface area contributed by atoms with Gasteiger partial charge in [-0.15, -0.1) is 0 Å². The Labute approximate surface area is 172 Å². The molecule has 0 aromatic heterocycles. The largest absolute Gasteiger partial charge is 0.493 e. The standard InChI is InChI=1S/C22H27Cl2NO2/c1-15-6-7-16(2)20(12-15)27-11-5-10-22(3,4)21(26)25-14-17-8-9-18(23)13-19(17)24/h6-9,12-13H,5,10-11,14H2,1-4H3,(H,25,26). The molecule has 0 atom stereocenters. The zero-order valence-corrected chi connectivity index (χ0v) is 17.9. The first-order valence-electron chi connectivity index (χ1n) is 9.11. The van der Waals surface area contributed by atoms with E-state index in [-0.39, 0.29) is 5.91 Å². The molecule has 0 saturated carbocycles. The van der Waals surface area contributed by atoms with Gasteiger partial charge < -0.3 is 10.1 Å². The maximum atomic E-state index is 12.6. The molecule has 0 aliphatic carbocycles. The molecule has 27 heavy (non-hydrogen) atoms. The normalized spacial score (nSPS) is 11.3. The molecule has 2 rings (SSSR count). The number of hydrogen-bond donors (Lipinski definition) is 1. The second-order valence-electron chi connectivity index (χ2n) is 7.52. The van der Waals surface area contributed by atoms with E-state index in [9.17, 15) is 4.79 Å². The van der Waals surface area contributed by atoms with Gasteiger partial charge in [-0.05, 0) is 61.6 Å². The van der Waals surface area contributed by atoms with Crippen LogP contribution in [0.25, 0.3) is 0 Å². The van der Waals surface area contributed by atoms with E-state index in [4.69, 9.17) is 27.9 Å². The fourth-order valence-corrected chi connectivity index (χ4v) is 3.23. The minimum atomic E-state index is -0.482. The molecule has 1 N–H and O–H groups in total. The monoisotopic (exact) mass is 407 g/mol. The molecule has 2 aromatic carbocycles. The number of carbonyl (C=O) groups excluding carboxylic acids is 1. The Morgan fingerprint density at radius 2 is 1.85 bits per heavy atom. The molecule has 0 saturated heterocycles. The van der Waals surface area contributed by atoms with Gasteiger partial charge in [-0.3, -0.25) is 4.79 Å². The van der Waals surface area contributed by atoms with Crippen LogP contribution < -0.4 is 10.1 Å². The lowest BCUT2D eigenvalue weighted by Gasteiger charge is -2.24. The number of hydrogen-bond acceptors (Lipinski definition) is 2. The lowest BCUT2D eigenvalue weighted by molar-refractivity contribution is -0.129. The minimum absolute atomic E-state index is 0.000234. The summed E-state index contributed by atoms with van der Waals surface area (Å²) in [6.07, 6.45) is 1.54. The van der Waals surface area contributed by atoms with E-state index in [1.54, 1.807) is 12.1 Å². The van der Waals surface area contributed by atoms with Crippen LogP contribution in [0.5, 0.6) is 5.75 Å². The predicted molar refractivity (Wildman–Crippen MR) is 113 cm³/mol. The van der Waals surface area contributed by atoms with Gasteiger partial charge in [0.25, 0.3) is 0 Å². The average Bonchev–Trinajstić information content (AvgIpc) is 2.60. The Morgan fingerprint density at radius 1 is 1.11 bits per heavy atom. The van der Waals surface area contributed by atoms with Gasteiger partial charge in [-0.1, -0.05) is 55.2 Å². The fourth-order valence-electron chi connectivity index (χ4n) is 2.75. The first kappa shape index (κ1) is 21.6. The van der Waals surface area contributed by atoms with Crippen molar-refractivity contribution in [2.24, 2.45) is 5.41 Å². The van der Waals surface area contributed by atoms with Gasteiger partial charge in [0.05, 0.1) is 6.61 Å². The van der Waals surface area contributed by atoms with Gasteiger partial charge in [-0.2, -0.15) is 0 Å². The molecule has 146 valence electrons. The maximum Gasteiger partial charge on any atom is 0.225 e. The Hall–Kier alpha value is -1.71. The molecule has 0 aliphatic heterocycles. The summed E-state index contributed by atoms with van der Waals surface area (Å²) in [5.74, 6) is 0.912. The Morgan fingerprint density at radius 3 is 2.56 bits per heavy atom. The quantitative estimate of drug-likeness (QED) is 0.535. The van der Waals surface area contributed by atoms with Crippen LogP contribution in [-0.2, 0) is 11.3 Å². The molecular weight excluding hydrogens is 381 g/mol. The van der Waals surface area contributed by atoms with Gasteiger partial charge in [0.15, 0.2) is 0 Å². The maximum absolute atomic E-state index is 12.6. The van der Waals surface area contributed by atoms with Crippen LogP contribution in [0.15, 0.2) is 36.4 Å². The van der Waals surface area contributed by atoms with Crippen LogP contribution in [0.4, 0.5) is 0 Å². The van der Waals surface area contributed by atoms with Crippen molar-refractivity contribution >= 4 is 29.1 Å². The van der Waals surface area contributed by atoms with E-state index in [1.807, 2.05) is 39.8 Å². The van der Waals surface area contributed by atoms with E-state index < -0.39 is 5.41 Å². The summed E-state index contributed by atoms with van der Waals surface area (Å²) < 4.78 is 5.89. The third kappa shape index (κ3) is 6.44. The third-order valence-corrected chi connectivity index (χ3v) is 5.20. The molecule has 0 spiro atoms. The fraction of sp³-hybridized carbons (Fsp3) is 0.409. The second-order valence-corrected chi connectivity index (χ2v) is 8.37. The Bertz CT molecular complexity index is 803.